The SMILES string of the molecule is CC.Cc1nc(N)ccc1CNC(=O)Cn1c(C)cnc(NC(C)(C)Cc2ccccc2)c1=O. The van der Waals surface area contributed by atoms with Gasteiger partial charge in [0.25, 0.3) is 5.56 Å². The van der Waals surface area contributed by atoms with Crippen LogP contribution >= 0.6 is 0 Å². The van der Waals surface area contributed by atoms with E-state index in [0.29, 0.717) is 18.1 Å². The highest BCUT2D eigenvalue weighted by Gasteiger charge is 2.21. The lowest BCUT2D eigenvalue weighted by Gasteiger charge is -2.27. The third kappa shape index (κ3) is 7.43. The minimum absolute atomic E-state index is 0.0948. The molecule has 0 radical (unpaired) electrons. The van der Waals surface area contributed by atoms with E-state index >= 15 is 0 Å². The highest BCUT2D eigenvalue weighted by atomic mass is 16.2. The predicted octanol–water partition coefficient (Wildman–Crippen LogP) is 3.61. The Labute approximate surface area is 201 Å². The van der Waals surface area contributed by atoms with E-state index in [9.17, 15) is 9.59 Å². The van der Waals surface area contributed by atoms with E-state index in [-0.39, 0.29) is 23.8 Å². The molecule has 3 aromatic rings. The van der Waals surface area contributed by atoms with Crippen LogP contribution in [0.5, 0.6) is 0 Å². The number of benzene rings is 1. The number of aromatic nitrogens is 3. The van der Waals surface area contributed by atoms with Gasteiger partial charge in [-0.25, -0.2) is 9.97 Å². The second kappa shape index (κ2) is 12.0. The van der Waals surface area contributed by atoms with Crippen molar-refractivity contribution >= 4 is 17.5 Å². The van der Waals surface area contributed by atoms with Crippen LogP contribution in [0.1, 0.15) is 50.2 Å². The maximum Gasteiger partial charge on any atom is 0.293 e. The van der Waals surface area contributed by atoms with E-state index in [0.717, 1.165) is 23.2 Å². The largest absolute Gasteiger partial charge is 0.384 e. The molecule has 182 valence electrons. The summed E-state index contributed by atoms with van der Waals surface area (Å²) in [5.41, 5.74) is 8.34. The van der Waals surface area contributed by atoms with Gasteiger partial charge in [0.2, 0.25) is 5.91 Å². The molecule has 0 aliphatic rings. The Morgan fingerprint density at radius 3 is 2.41 bits per heavy atom. The second-order valence-corrected chi connectivity index (χ2v) is 8.57. The Morgan fingerprint density at radius 1 is 1.09 bits per heavy atom. The summed E-state index contributed by atoms with van der Waals surface area (Å²) in [7, 11) is 0. The van der Waals surface area contributed by atoms with Crippen molar-refractivity contribution in [2.24, 2.45) is 0 Å². The molecule has 0 atom stereocenters. The Hall–Kier alpha value is -3.68. The zero-order valence-corrected chi connectivity index (χ0v) is 21.0. The number of aryl methyl sites for hydroxylation is 2. The third-order valence-corrected chi connectivity index (χ3v) is 5.19. The molecule has 8 heteroatoms. The lowest BCUT2D eigenvalue weighted by atomic mass is 9.95. The summed E-state index contributed by atoms with van der Waals surface area (Å²) in [4.78, 5) is 34.1. The Kier molecular flexibility index (Phi) is 9.36. The highest BCUT2D eigenvalue weighted by Crippen LogP contribution is 2.16. The van der Waals surface area contributed by atoms with Crippen molar-refractivity contribution < 1.29 is 4.79 Å². The molecule has 0 aliphatic heterocycles. The van der Waals surface area contributed by atoms with Gasteiger partial charge < -0.3 is 16.4 Å². The minimum Gasteiger partial charge on any atom is -0.384 e. The molecule has 34 heavy (non-hydrogen) atoms. The van der Waals surface area contributed by atoms with Gasteiger partial charge in [-0.2, -0.15) is 0 Å². The number of carbonyl (C=O) groups is 1. The zero-order valence-electron chi connectivity index (χ0n) is 21.0. The van der Waals surface area contributed by atoms with Crippen molar-refractivity contribution in [2.75, 3.05) is 11.1 Å². The fourth-order valence-corrected chi connectivity index (χ4v) is 3.51. The minimum atomic E-state index is -0.400. The molecular weight excluding hydrogens is 428 g/mol. The number of rotatable bonds is 8. The van der Waals surface area contributed by atoms with Gasteiger partial charge in [0.05, 0.1) is 0 Å². The van der Waals surface area contributed by atoms with Crippen molar-refractivity contribution in [2.45, 2.75) is 66.6 Å². The van der Waals surface area contributed by atoms with Gasteiger partial charge in [-0.05, 0) is 51.3 Å². The average Bonchev–Trinajstić information content (AvgIpc) is 2.79. The van der Waals surface area contributed by atoms with Crippen molar-refractivity contribution in [1.82, 2.24) is 19.9 Å². The number of nitrogen functional groups attached to an aromatic ring is 1. The molecule has 0 bridgehead atoms. The molecular formula is C26H36N6O2. The van der Waals surface area contributed by atoms with E-state index in [2.05, 4.69) is 20.6 Å². The first kappa shape index (κ1) is 26.6. The van der Waals surface area contributed by atoms with Crippen molar-refractivity contribution in [1.29, 1.82) is 0 Å². The number of pyridine rings is 1. The van der Waals surface area contributed by atoms with E-state index in [1.807, 2.05) is 71.0 Å². The van der Waals surface area contributed by atoms with Crippen molar-refractivity contribution in [3.63, 3.8) is 0 Å². The number of amides is 1. The number of hydrogen-bond acceptors (Lipinski definition) is 6. The molecule has 3 rings (SSSR count). The molecule has 2 heterocycles. The van der Waals surface area contributed by atoms with Crippen LogP contribution in [0.4, 0.5) is 11.6 Å². The first-order valence-electron chi connectivity index (χ1n) is 11.5. The van der Waals surface area contributed by atoms with Crippen LogP contribution in [0.3, 0.4) is 0 Å². The first-order valence-corrected chi connectivity index (χ1v) is 11.5. The Bertz CT molecular complexity index is 1160. The second-order valence-electron chi connectivity index (χ2n) is 8.57. The molecule has 4 N–H and O–H groups in total. The lowest BCUT2D eigenvalue weighted by Crippen LogP contribution is -2.39. The number of hydrogen-bond donors (Lipinski definition) is 3. The van der Waals surface area contributed by atoms with Crippen LogP contribution in [-0.2, 0) is 24.3 Å². The molecule has 0 saturated heterocycles. The molecule has 2 aromatic heterocycles. The van der Waals surface area contributed by atoms with Crippen LogP contribution < -0.4 is 21.9 Å². The smallest absolute Gasteiger partial charge is 0.293 e. The van der Waals surface area contributed by atoms with Gasteiger partial charge in [0.15, 0.2) is 5.82 Å². The van der Waals surface area contributed by atoms with Gasteiger partial charge in [-0.1, -0.05) is 50.2 Å². The fourth-order valence-electron chi connectivity index (χ4n) is 3.51. The molecule has 0 unspecified atom stereocenters. The zero-order chi connectivity index (χ0) is 25.3. The van der Waals surface area contributed by atoms with Crippen molar-refractivity contribution in [3.8, 4) is 0 Å². The van der Waals surface area contributed by atoms with Gasteiger partial charge in [-0.3, -0.25) is 14.2 Å². The summed E-state index contributed by atoms with van der Waals surface area (Å²) in [6.07, 6.45) is 2.32. The van der Waals surface area contributed by atoms with Crippen LogP contribution in [0, 0.1) is 13.8 Å². The van der Waals surface area contributed by atoms with Crippen LogP contribution in [0.15, 0.2) is 53.5 Å². The first-order chi connectivity index (χ1) is 16.1. The lowest BCUT2D eigenvalue weighted by molar-refractivity contribution is -0.121. The van der Waals surface area contributed by atoms with Gasteiger partial charge in [0.1, 0.15) is 12.4 Å². The number of anilines is 2. The highest BCUT2D eigenvalue weighted by molar-refractivity contribution is 5.75. The summed E-state index contributed by atoms with van der Waals surface area (Å²) in [5.74, 6) is 0.391. The Morgan fingerprint density at radius 2 is 1.76 bits per heavy atom. The molecule has 8 nitrogen and oxygen atoms in total. The standard InChI is InChI=1S/C24H30N6O2.C2H6/c1-16-13-27-22(29-24(3,4)12-18-8-6-5-7-9-18)23(32)30(16)15-21(31)26-14-19-10-11-20(25)28-17(19)2;1-2/h5-11,13H,12,14-15H2,1-4H3,(H2,25,28)(H,26,31)(H,27,29);1-2H3. The third-order valence-electron chi connectivity index (χ3n) is 5.19. The molecule has 0 fully saturated rings. The normalized spacial score (nSPS) is 10.8. The fraction of sp³-hybridized carbons (Fsp3) is 0.385. The summed E-state index contributed by atoms with van der Waals surface area (Å²) >= 11 is 0. The van der Waals surface area contributed by atoms with Gasteiger partial charge in [-0.15, -0.1) is 0 Å². The monoisotopic (exact) mass is 464 g/mol. The maximum absolute atomic E-state index is 13.1. The number of nitrogens with one attached hydrogen (secondary N) is 2. The average molecular weight is 465 g/mol. The molecule has 0 saturated carbocycles. The summed E-state index contributed by atoms with van der Waals surface area (Å²) in [6.45, 7) is 11.8. The molecule has 1 amide bonds. The summed E-state index contributed by atoms with van der Waals surface area (Å²) < 4.78 is 1.43. The van der Waals surface area contributed by atoms with E-state index in [4.69, 9.17) is 5.73 Å². The van der Waals surface area contributed by atoms with E-state index in [1.165, 1.54) is 4.57 Å². The van der Waals surface area contributed by atoms with E-state index in [1.54, 1.807) is 19.2 Å². The van der Waals surface area contributed by atoms with Gasteiger partial charge in [0, 0.05) is 29.7 Å². The van der Waals surface area contributed by atoms with Crippen LogP contribution in [-0.4, -0.2) is 26.0 Å². The Balaban J connectivity index is 0.00000199. The van der Waals surface area contributed by atoms with Crippen molar-refractivity contribution in [3.05, 3.63) is 81.5 Å². The summed E-state index contributed by atoms with van der Waals surface area (Å²) in [5, 5.41) is 6.09. The summed E-state index contributed by atoms with van der Waals surface area (Å²) in [6, 6.07) is 13.6. The molecule has 0 spiro atoms. The van der Waals surface area contributed by atoms with Crippen LogP contribution in [0.2, 0.25) is 0 Å². The van der Waals surface area contributed by atoms with E-state index < -0.39 is 5.54 Å². The van der Waals surface area contributed by atoms with Gasteiger partial charge >= 0.3 is 0 Å². The van der Waals surface area contributed by atoms with Crippen LogP contribution in [0.25, 0.3) is 0 Å². The quantitative estimate of drug-likeness (QED) is 0.469. The number of carbonyl (C=O) groups excluding carboxylic acids is 1. The predicted molar refractivity (Wildman–Crippen MR) is 138 cm³/mol. The molecule has 1 aromatic carbocycles. The maximum atomic E-state index is 13.1. The number of nitrogens with zero attached hydrogens (tertiary/aromatic N) is 3. The topological polar surface area (TPSA) is 115 Å². The molecule has 0 aliphatic carbocycles. The number of nitrogens with two attached hydrogens (primary N) is 1.